The molecule has 0 saturated heterocycles. The molecule has 0 aliphatic heterocycles. The second kappa shape index (κ2) is 14.2. The van der Waals surface area contributed by atoms with Crippen molar-refractivity contribution in [1.82, 2.24) is 14.5 Å². The van der Waals surface area contributed by atoms with Crippen molar-refractivity contribution in [3.05, 3.63) is 212 Å². The summed E-state index contributed by atoms with van der Waals surface area (Å²) in [6.45, 7) is 0. The highest BCUT2D eigenvalue weighted by Gasteiger charge is 2.25. The van der Waals surface area contributed by atoms with Gasteiger partial charge in [0.25, 0.3) is 0 Å². The van der Waals surface area contributed by atoms with E-state index in [1.807, 2.05) is 29.5 Å². The van der Waals surface area contributed by atoms with Crippen LogP contribution in [0, 0.1) is 0 Å². The molecule has 13 rings (SSSR count). The van der Waals surface area contributed by atoms with Crippen LogP contribution in [0.4, 0.5) is 0 Å². The molecule has 0 amide bonds. The smallest absolute Gasteiger partial charge is 0.160 e. The predicted octanol–water partition coefficient (Wildman–Crippen LogP) is 16.2. The van der Waals surface area contributed by atoms with Crippen molar-refractivity contribution < 1.29 is 4.42 Å². The summed E-state index contributed by atoms with van der Waals surface area (Å²) in [5.74, 6) is 0.674. The zero-order valence-corrected chi connectivity index (χ0v) is 34.7. The van der Waals surface area contributed by atoms with Gasteiger partial charge in [0.15, 0.2) is 5.82 Å². The third kappa shape index (κ3) is 5.74. The average Bonchev–Trinajstić information content (AvgIpc) is 4.02. The first-order chi connectivity index (χ1) is 31.2. The summed E-state index contributed by atoms with van der Waals surface area (Å²) >= 11 is 1.86. The van der Waals surface area contributed by atoms with E-state index in [1.165, 1.54) is 36.5 Å². The Morgan fingerprint density at radius 2 is 0.984 bits per heavy atom. The molecule has 0 unspecified atom stereocenters. The minimum atomic E-state index is 0.674. The lowest BCUT2D eigenvalue weighted by molar-refractivity contribution is 0.669. The topological polar surface area (TPSA) is 43.9 Å². The fraction of sp³-hybridized carbons (Fsp3) is 0. The van der Waals surface area contributed by atoms with Crippen LogP contribution in [0.5, 0.6) is 0 Å². The fourth-order valence-corrected chi connectivity index (χ4v) is 10.7. The van der Waals surface area contributed by atoms with Crippen molar-refractivity contribution in [2.24, 2.45) is 0 Å². The van der Waals surface area contributed by atoms with Gasteiger partial charge in [-0.3, -0.25) is 0 Å². The second-order valence-electron chi connectivity index (χ2n) is 16.1. The van der Waals surface area contributed by atoms with E-state index in [9.17, 15) is 0 Å². The summed E-state index contributed by atoms with van der Waals surface area (Å²) in [6.07, 6.45) is 0. The maximum absolute atomic E-state index is 7.09. The molecule has 0 atom stereocenters. The van der Waals surface area contributed by atoms with Gasteiger partial charge in [0.1, 0.15) is 11.2 Å². The van der Waals surface area contributed by atoms with Crippen LogP contribution in [0.15, 0.2) is 217 Å². The highest BCUT2D eigenvalue weighted by atomic mass is 32.1. The second-order valence-corrected chi connectivity index (χ2v) is 17.2. The number of para-hydroxylation sites is 1. The summed E-state index contributed by atoms with van der Waals surface area (Å²) in [4.78, 5) is 10.9. The number of rotatable bonds is 6. The zero-order valence-electron chi connectivity index (χ0n) is 33.9. The Kier molecular flexibility index (Phi) is 8.05. The Labute approximate surface area is 366 Å². The Balaban J connectivity index is 1.12. The third-order valence-electron chi connectivity index (χ3n) is 12.4. The minimum absolute atomic E-state index is 0.674. The molecular weight excluding hydrogens is 787 g/mol. The minimum Gasteiger partial charge on any atom is -0.456 e. The summed E-state index contributed by atoms with van der Waals surface area (Å²) in [5, 5.41) is 7.09. The Bertz CT molecular complexity index is 3830. The van der Waals surface area contributed by atoms with Crippen molar-refractivity contribution >= 4 is 75.3 Å². The SMILES string of the molecule is c1ccc(-c2cc(-c3c(-c4ccccc4)nc(-c4ccccc4)nc3-c3ccccc3)c3c(c2)oc2cc(-n4c5ccccc5c5cc6sc7ccccc7c6cc54)ccc23)cc1. The molecule has 0 saturated carbocycles. The number of nitrogens with zero attached hydrogens (tertiary/aromatic N) is 3. The van der Waals surface area contributed by atoms with Gasteiger partial charge < -0.3 is 8.98 Å². The molecule has 0 spiro atoms. The van der Waals surface area contributed by atoms with E-state index in [1.54, 1.807) is 0 Å². The van der Waals surface area contributed by atoms with E-state index in [-0.39, 0.29) is 0 Å². The molecule has 4 heterocycles. The third-order valence-corrected chi connectivity index (χ3v) is 13.5. The van der Waals surface area contributed by atoms with Gasteiger partial charge in [-0.1, -0.05) is 158 Å². The van der Waals surface area contributed by atoms with Gasteiger partial charge in [-0.2, -0.15) is 0 Å². The standard InChI is InChI=1S/C58H35N3OS/c1-5-17-36(18-6-1)40-31-47(55-56(37-19-7-2-8-20-37)59-58(39-23-11-4-12-24-39)60-57(55)38-21-9-3-10-22-38)54-44-30-29-41(33-50(44)62-51(54)32-40)61-48-27-15-13-25-42(48)45-35-53-46(34-49(45)61)43-26-14-16-28-52(43)63-53/h1-35H. The Morgan fingerprint density at radius 1 is 0.381 bits per heavy atom. The van der Waals surface area contributed by atoms with Crippen molar-refractivity contribution in [2.75, 3.05) is 0 Å². The molecule has 9 aromatic carbocycles. The molecule has 13 aromatic rings. The molecule has 5 heteroatoms. The van der Waals surface area contributed by atoms with Crippen LogP contribution >= 0.6 is 11.3 Å². The summed E-state index contributed by atoms with van der Waals surface area (Å²) in [5.41, 5.74) is 13.8. The largest absolute Gasteiger partial charge is 0.456 e. The molecule has 4 nitrogen and oxygen atoms in total. The Hall–Kier alpha value is -8.12. The lowest BCUT2D eigenvalue weighted by atomic mass is 9.89. The number of benzene rings is 9. The lowest BCUT2D eigenvalue weighted by Gasteiger charge is -2.18. The van der Waals surface area contributed by atoms with Crippen molar-refractivity contribution in [2.45, 2.75) is 0 Å². The van der Waals surface area contributed by atoms with Gasteiger partial charge in [0.2, 0.25) is 0 Å². The first-order valence-electron chi connectivity index (χ1n) is 21.2. The highest BCUT2D eigenvalue weighted by molar-refractivity contribution is 7.25. The summed E-state index contributed by atoms with van der Waals surface area (Å²) < 4.78 is 12.1. The normalized spacial score (nSPS) is 11.8. The molecule has 0 radical (unpaired) electrons. The van der Waals surface area contributed by atoms with Crippen LogP contribution in [0.3, 0.4) is 0 Å². The fourth-order valence-electron chi connectivity index (χ4n) is 9.53. The van der Waals surface area contributed by atoms with Crippen LogP contribution in [0.1, 0.15) is 0 Å². The first kappa shape index (κ1) is 35.6. The van der Waals surface area contributed by atoms with E-state index in [0.29, 0.717) is 5.82 Å². The highest BCUT2D eigenvalue weighted by Crippen LogP contribution is 2.48. The number of hydrogen-bond donors (Lipinski definition) is 0. The van der Waals surface area contributed by atoms with Crippen LogP contribution < -0.4 is 0 Å². The Morgan fingerprint density at radius 3 is 1.68 bits per heavy atom. The van der Waals surface area contributed by atoms with Gasteiger partial charge >= 0.3 is 0 Å². The molecule has 294 valence electrons. The van der Waals surface area contributed by atoms with Crippen LogP contribution in [0.2, 0.25) is 0 Å². The molecule has 4 aromatic heterocycles. The van der Waals surface area contributed by atoms with E-state index in [4.69, 9.17) is 14.4 Å². The van der Waals surface area contributed by atoms with Gasteiger partial charge in [0.05, 0.1) is 22.4 Å². The zero-order chi connectivity index (χ0) is 41.4. The number of hydrogen-bond acceptors (Lipinski definition) is 4. The molecule has 0 fully saturated rings. The average molecular weight is 822 g/mol. The van der Waals surface area contributed by atoms with E-state index >= 15 is 0 Å². The molecule has 0 aliphatic rings. The van der Waals surface area contributed by atoms with E-state index in [0.717, 1.165) is 83.5 Å². The quantitative estimate of drug-likeness (QED) is 0.168. The molecule has 63 heavy (non-hydrogen) atoms. The molecule has 0 N–H and O–H groups in total. The van der Waals surface area contributed by atoms with Crippen molar-refractivity contribution in [3.8, 4) is 61.8 Å². The van der Waals surface area contributed by atoms with E-state index in [2.05, 4.69) is 199 Å². The number of furan rings is 1. The molecular formula is C58H35N3OS. The monoisotopic (exact) mass is 821 g/mol. The lowest BCUT2D eigenvalue weighted by Crippen LogP contribution is -2.01. The van der Waals surface area contributed by atoms with Crippen LogP contribution in [-0.4, -0.2) is 14.5 Å². The molecule has 0 bridgehead atoms. The van der Waals surface area contributed by atoms with Gasteiger partial charge in [-0.05, 0) is 65.2 Å². The van der Waals surface area contributed by atoms with Crippen LogP contribution in [0.25, 0.3) is 126 Å². The van der Waals surface area contributed by atoms with Gasteiger partial charge in [0, 0.05) is 75.7 Å². The van der Waals surface area contributed by atoms with Crippen LogP contribution in [-0.2, 0) is 0 Å². The maximum atomic E-state index is 7.09. The van der Waals surface area contributed by atoms with Gasteiger partial charge in [-0.25, -0.2) is 9.97 Å². The molecule has 0 aliphatic carbocycles. The number of aromatic nitrogens is 3. The van der Waals surface area contributed by atoms with Crippen molar-refractivity contribution in [3.63, 3.8) is 0 Å². The van der Waals surface area contributed by atoms with Gasteiger partial charge in [-0.15, -0.1) is 11.3 Å². The summed E-state index contributed by atoms with van der Waals surface area (Å²) in [6, 6.07) is 75.3. The van der Waals surface area contributed by atoms with Crippen molar-refractivity contribution in [1.29, 1.82) is 0 Å². The summed E-state index contributed by atoms with van der Waals surface area (Å²) in [7, 11) is 0. The van der Waals surface area contributed by atoms with E-state index < -0.39 is 0 Å². The number of thiophene rings is 1. The number of fused-ring (bicyclic) bond motifs is 9. The predicted molar refractivity (Wildman–Crippen MR) is 264 cm³/mol. The first-order valence-corrected chi connectivity index (χ1v) is 22.0. The maximum Gasteiger partial charge on any atom is 0.160 e.